The lowest BCUT2D eigenvalue weighted by atomic mass is 10.00. The highest BCUT2D eigenvalue weighted by molar-refractivity contribution is 9.10. The Morgan fingerprint density at radius 1 is 1.39 bits per heavy atom. The molecule has 2 nitrogen and oxygen atoms in total. The van der Waals surface area contributed by atoms with Crippen LogP contribution in [0, 0.1) is 0 Å². The van der Waals surface area contributed by atoms with Gasteiger partial charge in [-0.3, -0.25) is 4.79 Å². The van der Waals surface area contributed by atoms with Gasteiger partial charge < -0.3 is 4.90 Å². The molecule has 0 radical (unpaired) electrons. The van der Waals surface area contributed by atoms with Crippen LogP contribution in [0.25, 0.3) is 0 Å². The Morgan fingerprint density at radius 2 is 2.06 bits per heavy atom. The van der Waals surface area contributed by atoms with E-state index in [9.17, 15) is 18.0 Å². The molecule has 18 heavy (non-hydrogen) atoms. The van der Waals surface area contributed by atoms with E-state index in [2.05, 4.69) is 15.9 Å². The number of hydrogen-bond donors (Lipinski definition) is 0. The van der Waals surface area contributed by atoms with Crippen molar-refractivity contribution in [1.82, 2.24) is 4.90 Å². The molecule has 1 aromatic carbocycles. The molecule has 0 aliphatic carbocycles. The standard InChI is InChI=1S/C11H8BrClF3NO/c12-9-4-7(13)3-6-5-17(2-1-8(6)9)10(18)11(14,15)16/h3-4H,1-2,5H2. The number of carbonyl (C=O) groups is 1. The summed E-state index contributed by atoms with van der Waals surface area (Å²) in [5.74, 6) is -1.80. The van der Waals surface area contributed by atoms with Gasteiger partial charge in [0.25, 0.3) is 0 Å². The molecule has 0 spiro atoms. The highest BCUT2D eigenvalue weighted by Gasteiger charge is 2.43. The lowest BCUT2D eigenvalue weighted by molar-refractivity contribution is -0.186. The van der Waals surface area contributed by atoms with E-state index in [1.807, 2.05) is 0 Å². The van der Waals surface area contributed by atoms with E-state index in [0.29, 0.717) is 17.0 Å². The molecule has 0 saturated carbocycles. The number of benzene rings is 1. The van der Waals surface area contributed by atoms with E-state index < -0.39 is 12.1 Å². The Labute approximate surface area is 115 Å². The molecule has 0 aromatic heterocycles. The molecule has 7 heteroatoms. The van der Waals surface area contributed by atoms with Gasteiger partial charge in [-0.05, 0) is 29.7 Å². The van der Waals surface area contributed by atoms with Crippen LogP contribution in [0.2, 0.25) is 5.02 Å². The van der Waals surface area contributed by atoms with E-state index >= 15 is 0 Å². The monoisotopic (exact) mass is 341 g/mol. The van der Waals surface area contributed by atoms with Gasteiger partial charge >= 0.3 is 12.1 Å². The van der Waals surface area contributed by atoms with Crippen LogP contribution >= 0.6 is 27.5 Å². The fourth-order valence-electron chi connectivity index (χ4n) is 1.96. The fourth-order valence-corrected chi connectivity index (χ4v) is 3.03. The molecule has 1 aliphatic heterocycles. The molecule has 0 saturated heterocycles. The van der Waals surface area contributed by atoms with Crippen LogP contribution in [-0.2, 0) is 17.8 Å². The van der Waals surface area contributed by atoms with Gasteiger partial charge in [-0.15, -0.1) is 0 Å². The molecule has 98 valence electrons. The van der Waals surface area contributed by atoms with Crippen LogP contribution in [0.4, 0.5) is 13.2 Å². The molecule has 0 unspecified atom stereocenters. The van der Waals surface area contributed by atoms with Crippen LogP contribution in [0.15, 0.2) is 16.6 Å². The van der Waals surface area contributed by atoms with Crippen molar-refractivity contribution in [2.45, 2.75) is 19.1 Å². The van der Waals surface area contributed by atoms with Gasteiger partial charge in [-0.1, -0.05) is 27.5 Å². The average molecular weight is 343 g/mol. The number of alkyl halides is 3. The van der Waals surface area contributed by atoms with E-state index in [0.717, 1.165) is 14.9 Å². The Hall–Kier alpha value is -0.750. The van der Waals surface area contributed by atoms with E-state index in [1.165, 1.54) is 0 Å². The van der Waals surface area contributed by atoms with Gasteiger partial charge in [0, 0.05) is 22.6 Å². The maximum Gasteiger partial charge on any atom is 0.471 e. The molecule has 2 rings (SSSR count). The normalized spacial score (nSPS) is 15.5. The first-order valence-corrected chi connectivity index (χ1v) is 6.29. The molecule has 1 aliphatic rings. The highest BCUT2D eigenvalue weighted by Crippen LogP contribution is 2.31. The van der Waals surface area contributed by atoms with Crippen LogP contribution < -0.4 is 0 Å². The molecule has 1 heterocycles. The zero-order chi connectivity index (χ0) is 13.5. The highest BCUT2D eigenvalue weighted by atomic mass is 79.9. The topological polar surface area (TPSA) is 20.3 Å². The predicted octanol–water partition coefficient (Wildman–Crippen LogP) is 3.55. The zero-order valence-corrected chi connectivity index (χ0v) is 11.4. The Morgan fingerprint density at radius 3 is 2.67 bits per heavy atom. The molecule has 0 bridgehead atoms. The van der Waals surface area contributed by atoms with Crippen molar-refractivity contribution in [1.29, 1.82) is 0 Å². The molecular formula is C11H8BrClF3NO. The van der Waals surface area contributed by atoms with Crippen molar-refractivity contribution >= 4 is 33.4 Å². The van der Waals surface area contributed by atoms with Crippen molar-refractivity contribution in [3.8, 4) is 0 Å². The van der Waals surface area contributed by atoms with Gasteiger partial charge in [0.05, 0.1) is 0 Å². The smallest absolute Gasteiger partial charge is 0.330 e. The van der Waals surface area contributed by atoms with Gasteiger partial charge in [-0.25, -0.2) is 0 Å². The third kappa shape index (κ3) is 2.64. The maximum absolute atomic E-state index is 12.3. The third-order valence-electron chi connectivity index (χ3n) is 2.78. The second kappa shape index (κ2) is 4.74. The molecule has 1 aromatic rings. The minimum Gasteiger partial charge on any atom is -0.330 e. The lowest BCUT2D eigenvalue weighted by Gasteiger charge is -2.30. The molecule has 0 atom stereocenters. The lowest BCUT2D eigenvalue weighted by Crippen LogP contribution is -2.43. The van der Waals surface area contributed by atoms with Gasteiger partial charge in [0.2, 0.25) is 0 Å². The molecule has 0 N–H and O–H groups in total. The van der Waals surface area contributed by atoms with Crippen LogP contribution in [0.1, 0.15) is 11.1 Å². The van der Waals surface area contributed by atoms with E-state index in [1.54, 1.807) is 12.1 Å². The second-order valence-electron chi connectivity index (χ2n) is 4.00. The number of amides is 1. The summed E-state index contributed by atoms with van der Waals surface area (Å²) in [7, 11) is 0. The number of nitrogens with zero attached hydrogens (tertiary/aromatic N) is 1. The number of carbonyl (C=O) groups excluding carboxylic acids is 1. The SMILES string of the molecule is O=C(N1CCc2c(Br)cc(Cl)cc2C1)C(F)(F)F. The van der Waals surface area contributed by atoms with E-state index in [-0.39, 0.29) is 13.1 Å². The summed E-state index contributed by atoms with van der Waals surface area (Å²) in [5.41, 5.74) is 1.56. The zero-order valence-electron chi connectivity index (χ0n) is 9.02. The minimum atomic E-state index is -4.83. The van der Waals surface area contributed by atoms with Crippen molar-refractivity contribution < 1.29 is 18.0 Å². The summed E-state index contributed by atoms with van der Waals surface area (Å²) >= 11 is 9.16. The Bertz CT molecular complexity index is 504. The van der Waals surface area contributed by atoms with Gasteiger partial charge in [0.1, 0.15) is 0 Å². The average Bonchev–Trinajstić information content (AvgIpc) is 2.25. The van der Waals surface area contributed by atoms with Crippen molar-refractivity contribution in [3.05, 3.63) is 32.8 Å². The van der Waals surface area contributed by atoms with Gasteiger partial charge in [-0.2, -0.15) is 13.2 Å². The van der Waals surface area contributed by atoms with Crippen LogP contribution in [0.5, 0.6) is 0 Å². The third-order valence-corrected chi connectivity index (χ3v) is 3.70. The summed E-state index contributed by atoms with van der Waals surface area (Å²) in [6, 6.07) is 3.29. The fraction of sp³-hybridized carbons (Fsp3) is 0.364. The number of hydrogen-bond acceptors (Lipinski definition) is 1. The number of rotatable bonds is 0. The summed E-state index contributed by atoms with van der Waals surface area (Å²) in [4.78, 5) is 12.0. The first kappa shape index (κ1) is 13.7. The molecule has 1 amide bonds. The number of fused-ring (bicyclic) bond motifs is 1. The first-order chi connectivity index (χ1) is 8.29. The summed E-state index contributed by atoms with van der Waals surface area (Å²) in [6.45, 7) is -0.00158. The summed E-state index contributed by atoms with van der Waals surface area (Å²) in [6.07, 6.45) is -4.44. The van der Waals surface area contributed by atoms with E-state index in [4.69, 9.17) is 11.6 Å². The first-order valence-electron chi connectivity index (χ1n) is 5.12. The van der Waals surface area contributed by atoms with Crippen molar-refractivity contribution in [2.24, 2.45) is 0 Å². The van der Waals surface area contributed by atoms with Crippen LogP contribution in [0.3, 0.4) is 0 Å². The Kier molecular flexibility index (Phi) is 3.60. The number of halogens is 5. The molecule has 0 fully saturated rings. The molecular weight excluding hydrogens is 334 g/mol. The second-order valence-corrected chi connectivity index (χ2v) is 5.29. The van der Waals surface area contributed by atoms with Crippen LogP contribution in [-0.4, -0.2) is 23.5 Å². The van der Waals surface area contributed by atoms with Gasteiger partial charge in [0.15, 0.2) is 0 Å². The van der Waals surface area contributed by atoms with Crippen molar-refractivity contribution in [2.75, 3.05) is 6.54 Å². The summed E-state index contributed by atoms with van der Waals surface area (Å²) in [5, 5.41) is 0.432. The maximum atomic E-state index is 12.3. The predicted molar refractivity (Wildman–Crippen MR) is 64.3 cm³/mol. The summed E-state index contributed by atoms with van der Waals surface area (Å²) < 4.78 is 37.8. The minimum absolute atomic E-state index is 0.0611. The Balaban J connectivity index is 2.28. The largest absolute Gasteiger partial charge is 0.471 e. The quantitative estimate of drug-likeness (QED) is 0.706. The van der Waals surface area contributed by atoms with Crippen molar-refractivity contribution in [3.63, 3.8) is 0 Å².